The molecule has 4 rings (SSSR count). The van der Waals surface area contributed by atoms with Crippen molar-refractivity contribution in [1.82, 2.24) is 15.3 Å². The molecule has 0 spiro atoms. The van der Waals surface area contributed by atoms with E-state index < -0.39 is 26.0 Å². The maximum Gasteiger partial charge on any atom is 0.296 e. The van der Waals surface area contributed by atoms with Gasteiger partial charge in [-0.25, -0.2) is 0 Å². The van der Waals surface area contributed by atoms with E-state index in [1.54, 1.807) is 24.5 Å². The molecule has 1 aliphatic heterocycles. The molecule has 2 aromatic heterocycles. The van der Waals surface area contributed by atoms with Gasteiger partial charge in [-0.1, -0.05) is 12.1 Å². The van der Waals surface area contributed by atoms with Crippen LogP contribution in [-0.4, -0.2) is 38.8 Å². The maximum atomic E-state index is 12.1. The first-order valence-electron chi connectivity index (χ1n) is 8.51. The Morgan fingerprint density at radius 1 is 1.28 bits per heavy atom. The molecule has 2 atom stereocenters. The predicted molar refractivity (Wildman–Crippen MR) is 108 cm³/mol. The fraction of sp³-hybridized carbons (Fsp3) is 0.158. The Balaban J connectivity index is 1.75. The zero-order valence-corrected chi connectivity index (χ0v) is 16.4. The fourth-order valence-corrected chi connectivity index (χ4v) is 5.42. The molecule has 1 aliphatic rings. The van der Waals surface area contributed by atoms with Gasteiger partial charge in [-0.2, -0.15) is 13.7 Å². The Morgan fingerprint density at radius 3 is 2.76 bits per heavy atom. The van der Waals surface area contributed by atoms with Crippen LogP contribution in [0.4, 0.5) is 0 Å². The molecule has 2 N–H and O–H groups in total. The van der Waals surface area contributed by atoms with Gasteiger partial charge in [-0.15, -0.1) is 11.8 Å². The highest BCUT2D eigenvalue weighted by molar-refractivity contribution is 8.12. The summed E-state index contributed by atoms with van der Waals surface area (Å²) in [6, 6.07) is 11.2. The smallest absolute Gasteiger partial charge is 0.296 e. The molecule has 0 bridgehead atoms. The van der Waals surface area contributed by atoms with Crippen LogP contribution in [0.25, 0.3) is 22.0 Å². The van der Waals surface area contributed by atoms with Gasteiger partial charge < -0.3 is 5.32 Å². The molecule has 1 aromatic carbocycles. The molecule has 0 aliphatic carbocycles. The Kier molecular flexibility index (Phi) is 4.96. The second kappa shape index (κ2) is 7.44. The van der Waals surface area contributed by atoms with Gasteiger partial charge in [0, 0.05) is 35.1 Å². The third kappa shape index (κ3) is 3.80. The lowest BCUT2D eigenvalue weighted by atomic mass is 9.96. The second-order valence-corrected chi connectivity index (χ2v) is 9.55. The monoisotopic (exact) mass is 426 g/mol. The van der Waals surface area contributed by atoms with E-state index in [1.165, 1.54) is 6.20 Å². The molecule has 2 unspecified atom stereocenters. The summed E-state index contributed by atoms with van der Waals surface area (Å²) < 4.78 is 30.4. The van der Waals surface area contributed by atoms with E-state index in [2.05, 4.69) is 21.4 Å². The van der Waals surface area contributed by atoms with Gasteiger partial charge in [0.2, 0.25) is 10.6 Å². The Labute approximate surface area is 170 Å². The first-order valence-corrected chi connectivity index (χ1v) is 11.0. The van der Waals surface area contributed by atoms with Crippen LogP contribution >= 0.6 is 11.8 Å². The zero-order chi connectivity index (χ0) is 20.6. The van der Waals surface area contributed by atoms with Gasteiger partial charge in [-0.3, -0.25) is 19.3 Å². The lowest BCUT2D eigenvalue weighted by molar-refractivity contribution is -0.119. The van der Waals surface area contributed by atoms with E-state index >= 15 is 0 Å². The average Bonchev–Trinajstić information content (AvgIpc) is 3.08. The van der Waals surface area contributed by atoms with E-state index in [0.717, 1.165) is 28.3 Å². The number of hydrogen-bond acceptors (Lipinski definition) is 7. The highest BCUT2D eigenvalue weighted by Gasteiger charge is 2.39. The number of nitriles is 1. The van der Waals surface area contributed by atoms with Crippen molar-refractivity contribution in [1.29, 1.82) is 5.26 Å². The number of benzene rings is 1. The molecule has 8 nitrogen and oxygen atoms in total. The van der Waals surface area contributed by atoms with Crippen LogP contribution in [0.3, 0.4) is 0 Å². The van der Waals surface area contributed by atoms with Gasteiger partial charge in [0.1, 0.15) is 6.07 Å². The highest BCUT2D eigenvalue weighted by atomic mass is 32.3. The number of nitrogens with zero attached hydrogens (tertiary/aromatic N) is 3. The number of pyridine rings is 2. The SMILES string of the molecule is N#Cc1cnc2ccc(CC3SC(S(=O)(=O)O)NC3=O)cc2c1-c1cccnc1. The Morgan fingerprint density at radius 2 is 2.10 bits per heavy atom. The molecule has 1 amide bonds. The second-order valence-electron chi connectivity index (χ2n) is 6.44. The quantitative estimate of drug-likeness (QED) is 0.606. The topological polar surface area (TPSA) is 133 Å². The number of carbonyl (C=O) groups excluding carboxylic acids is 1. The standard InChI is InChI=1S/C19H14N4O4S2/c20-8-13-10-22-15-4-3-11(6-14(15)17(13)12-2-1-5-21-9-12)7-16-18(24)23-19(28-16)29(25,26)27/h1-6,9-10,16,19H,7H2,(H,23,24)(H,25,26,27). The predicted octanol–water partition coefficient (Wildman–Crippen LogP) is 2.11. The third-order valence-corrected chi connectivity index (χ3v) is 7.33. The molecule has 1 saturated heterocycles. The Bertz CT molecular complexity index is 1260. The fourth-order valence-electron chi connectivity index (χ4n) is 3.23. The lowest BCUT2D eigenvalue weighted by Crippen LogP contribution is -2.32. The van der Waals surface area contributed by atoms with Gasteiger partial charge >= 0.3 is 0 Å². The van der Waals surface area contributed by atoms with Gasteiger partial charge in [0.15, 0.2) is 0 Å². The number of carbonyl (C=O) groups is 1. The molecule has 29 heavy (non-hydrogen) atoms. The number of fused-ring (bicyclic) bond motifs is 1. The summed E-state index contributed by atoms with van der Waals surface area (Å²) in [5.41, 5.74) is 3.34. The number of rotatable bonds is 4. The molecule has 3 aromatic rings. The molecule has 3 heterocycles. The average molecular weight is 426 g/mol. The van der Waals surface area contributed by atoms with Crippen molar-refractivity contribution in [2.45, 2.75) is 16.4 Å². The van der Waals surface area contributed by atoms with Crippen molar-refractivity contribution >= 4 is 38.7 Å². The Hall–Kier alpha value is -3.00. The molecular weight excluding hydrogens is 412 g/mol. The minimum absolute atomic E-state index is 0.266. The van der Waals surface area contributed by atoms with Crippen LogP contribution < -0.4 is 5.32 Å². The van der Waals surface area contributed by atoms with Crippen LogP contribution in [-0.2, 0) is 21.3 Å². The first kappa shape index (κ1) is 19.3. The van der Waals surface area contributed by atoms with Crippen molar-refractivity contribution in [3.63, 3.8) is 0 Å². The number of amides is 1. The van der Waals surface area contributed by atoms with Gasteiger partial charge in [0.05, 0.1) is 16.3 Å². The van der Waals surface area contributed by atoms with Crippen LogP contribution in [0.2, 0.25) is 0 Å². The number of aromatic nitrogens is 2. The normalized spacial score (nSPS) is 19.1. The minimum Gasteiger partial charge on any atom is -0.328 e. The van der Waals surface area contributed by atoms with Crippen molar-refractivity contribution < 1.29 is 17.8 Å². The van der Waals surface area contributed by atoms with Gasteiger partial charge in [0.25, 0.3) is 10.1 Å². The molecule has 146 valence electrons. The summed E-state index contributed by atoms with van der Waals surface area (Å²) >= 11 is 0.858. The van der Waals surface area contributed by atoms with E-state index in [4.69, 9.17) is 0 Å². The van der Waals surface area contributed by atoms with E-state index in [9.17, 15) is 23.0 Å². The highest BCUT2D eigenvalue weighted by Crippen LogP contribution is 2.33. The van der Waals surface area contributed by atoms with E-state index in [1.807, 2.05) is 18.2 Å². The van der Waals surface area contributed by atoms with E-state index in [0.29, 0.717) is 16.6 Å². The van der Waals surface area contributed by atoms with E-state index in [-0.39, 0.29) is 6.42 Å². The molecule has 1 fully saturated rings. The zero-order valence-electron chi connectivity index (χ0n) is 14.8. The van der Waals surface area contributed by atoms with Crippen molar-refractivity contribution in [2.75, 3.05) is 0 Å². The maximum absolute atomic E-state index is 12.1. The summed E-state index contributed by atoms with van der Waals surface area (Å²) in [7, 11) is -4.37. The van der Waals surface area contributed by atoms with Gasteiger partial charge in [-0.05, 0) is 30.2 Å². The van der Waals surface area contributed by atoms with Crippen LogP contribution in [0, 0.1) is 11.3 Å². The molecule has 0 radical (unpaired) electrons. The number of nitrogens with one attached hydrogen (secondary N) is 1. The summed E-state index contributed by atoms with van der Waals surface area (Å²) in [5, 5.41) is 11.9. The summed E-state index contributed by atoms with van der Waals surface area (Å²) in [6.45, 7) is 0. The summed E-state index contributed by atoms with van der Waals surface area (Å²) in [6.07, 6.45) is 5.09. The minimum atomic E-state index is -4.37. The van der Waals surface area contributed by atoms with Crippen molar-refractivity contribution in [3.8, 4) is 17.2 Å². The number of thioether (sulfide) groups is 1. The largest absolute Gasteiger partial charge is 0.328 e. The summed E-state index contributed by atoms with van der Waals surface area (Å²) in [4.78, 5) is 20.6. The number of hydrogen-bond donors (Lipinski definition) is 2. The van der Waals surface area contributed by atoms with Crippen LogP contribution in [0.1, 0.15) is 11.1 Å². The van der Waals surface area contributed by atoms with Crippen LogP contribution in [0.15, 0.2) is 48.9 Å². The molecular formula is C19H14N4O4S2. The lowest BCUT2D eigenvalue weighted by Gasteiger charge is -2.11. The van der Waals surface area contributed by atoms with Crippen LogP contribution in [0.5, 0.6) is 0 Å². The third-order valence-electron chi connectivity index (χ3n) is 4.54. The molecule has 0 saturated carbocycles. The van der Waals surface area contributed by atoms with Crippen molar-refractivity contribution in [3.05, 3.63) is 60.0 Å². The van der Waals surface area contributed by atoms with Crippen molar-refractivity contribution in [2.24, 2.45) is 0 Å². The molecule has 10 heteroatoms. The summed E-state index contributed by atoms with van der Waals surface area (Å²) in [5.74, 6) is -0.450. The first-order chi connectivity index (χ1) is 13.9.